The molecule has 0 aliphatic heterocycles. The van der Waals surface area contributed by atoms with Crippen molar-refractivity contribution in [3.63, 3.8) is 0 Å². The summed E-state index contributed by atoms with van der Waals surface area (Å²) >= 11 is 0. The maximum Gasteiger partial charge on any atom is 0.0927 e. The monoisotopic (exact) mass is 356 g/mol. The molecule has 0 spiro atoms. The van der Waals surface area contributed by atoms with Gasteiger partial charge in [0, 0.05) is 11.1 Å². The number of allylic oxidation sites excluding steroid dienone is 3. The predicted molar refractivity (Wildman–Crippen MR) is 114 cm³/mol. The number of hydrazine groups is 1. The molecule has 0 saturated heterocycles. The number of aromatic nitrogens is 2. The highest BCUT2D eigenvalue weighted by atomic mass is 16.3. The fraction of sp³-hybridized carbons (Fsp3) is 0.286. The molecule has 0 radical (unpaired) electrons. The lowest BCUT2D eigenvalue weighted by atomic mass is 10.1. The first kappa shape index (κ1) is 23.4. The van der Waals surface area contributed by atoms with Crippen LogP contribution < -0.4 is 11.3 Å². The number of aliphatic hydroxyl groups is 1. The van der Waals surface area contributed by atoms with E-state index < -0.39 is 0 Å². The van der Waals surface area contributed by atoms with Gasteiger partial charge in [0.05, 0.1) is 17.8 Å². The van der Waals surface area contributed by atoms with Gasteiger partial charge in [0.2, 0.25) is 0 Å². The van der Waals surface area contributed by atoms with Crippen LogP contribution in [0.25, 0.3) is 10.9 Å². The number of aliphatic hydroxyl groups excluding tert-OH is 1. The zero-order chi connectivity index (χ0) is 20.1. The molecule has 1 aromatic carbocycles. The van der Waals surface area contributed by atoms with Crippen LogP contribution in [-0.4, -0.2) is 21.9 Å². The van der Waals surface area contributed by atoms with E-state index in [9.17, 15) is 0 Å². The summed E-state index contributed by atoms with van der Waals surface area (Å²) in [5.41, 5.74) is 8.79. The fourth-order valence-electron chi connectivity index (χ4n) is 2.23. The van der Waals surface area contributed by atoms with Crippen molar-refractivity contribution >= 4 is 16.6 Å². The van der Waals surface area contributed by atoms with Gasteiger partial charge >= 0.3 is 0 Å². The van der Waals surface area contributed by atoms with Gasteiger partial charge in [-0.2, -0.15) is 5.10 Å². The lowest BCUT2D eigenvalue weighted by molar-refractivity contribution is 0.334. The number of hydrogen-bond donors (Lipinski definition) is 4. The quantitative estimate of drug-likeness (QED) is 0.270. The van der Waals surface area contributed by atoms with Crippen LogP contribution in [0.4, 0.5) is 5.69 Å². The number of nitrogens with zero attached hydrogens (tertiary/aromatic N) is 1. The van der Waals surface area contributed by atoms with E-state index in [4.69, 9.17) is 10.9 Å². The third-order valence-corrected chi connectivity index (χ3v) is 3.63. The van der Waals surface area contributed by atoms with Gasteiger partial charge in [-0.25, -0.2) is 0 Å². The molecule has 0 saturated carbocycles. The molecule has 5 nitrogen and oxygen atoms in total. The summed E-state index contributed by atoms with van der Waals surface area (Å²) < 4.78 is 0. The van der Waals surface area contributed by atoms with E-state index in [0.29, 0.717) is 0 Å². The van der Waals surface area contributed by atoms with Crippen LogP contribution in [0.5, 0.6) is 0 Å². The predicted octanol–water partition coefficient (Wildman–Crippen LogP) is 4.71. The average molecular weight is 357 g/mol. The highest BCUT2D eigenvalue weighted by Crippen LogP contribution is 2.23. The Hall–Kier alpha value is -2.63. The Morgan fingerprint density at radius 2 is 2.00 bits per heavy atom. The van der Waals surface area contributed by atoms with E-state index in [1.54, 1.807) is 6.08 Å². The Bertz CT molecular complexity index is 757. The number of anilines is 1. The van der Waals surface area contributed by atoms with Gasteiger partial charge in [-0.15, -0.1) is 13.2 Å². The van der Waals surface area contributed by atoms with Gasteiger partial charge in [0.1, 0.15) is 0 Å². The number of benzene rings is 1. The van der Waals surface area contributed by atoms with Crippen LogP contribution in [-0.2, 0) is 0 Å². The van der Waals surface area contributed by atoms with Crippen LogP contribution in [0.2, 0.25) is 0 Å². The summed E-state index contributed by atoms with van der Waals surface area (Å²) in [6.07, 6.45) is 6.68. The molecular formula is C21H32N4O. The van der Waals surface area contributed by atoms with Crippen molar-refractivity contribution in [2.45, 2.75) is 34.1 Å². The van der Waals surface area contributed by atoms with Crippen molar-refractivity contribution in [1.82, 2.24) is 10.2 Å². The molecule has 0 bridgehead atoms. The molecule has 0 fully saturated rings. The molecule has 26 heavy (non-hydrogen) atoms. The minimum Gasteiger partial charge on any atom is -0.392 e. The van der Waals surface area contributed by atoms with Crippen molar-refractivity contribution < 1.29 is 5.11 Å². The van der Waals surface area contributed by atoms with Gasteiger partial charge in [0.25, 0.3) is 0 Å². The molecule has 0 atom stereocenters. The number of rotatable bonds is 5. The Labute approximate surface area is 157 Å². The van der Waals surface area contributed by atoms with Crippen LogP contribution >= 0.6 is 0 Å². The largest absolute Gasteiger partial charge is 0.392 e. The van der Waals surface area contributed by atoms with E-state index in [1.165, 1.54) is 0 Å². The number of nitrogen functional groups attached to an aromatic ring is 1. The van der Waals surface area contributed by atoms with Gasteiger partial charge in [0.15, 0.2) is 0 Å². The summed E-state index contributed by atoms with van der Waals surface area (Å²) in [6.45, 7) is 17.7. The molecule has 0 amide bonds. The second-order valence-corrected chi connectivity index (χ2v) is 5.62. The maximum absolute atomic E-state index is 8.85. The SMILES string of the molecule is C=C.C=C/C(C)=C\C(=C/CC)CO.Cc1cc2n[nH]c(C)c2cc1NN. The maximum atomic E-state index is 8.85. The lowest BCUT2D eigenvalue weighted by Crippen LogP contribution is -2.07. The third-order valence-electron chi connectivity index (χ3n) is 3.63. The topological polar surface area (TPSA) is 87.0 Å². The minimum absolute atomic E-state index is 0.110. The van der Waals surface area contributed by atoms with Gasteiger partial charge in [-0.3, -0.25) is 10.9 Å². The summed E-state index contributed by atoms with van der Waals surface area (Å²) in [6, 6.07) is 4.01. The van der Waals surface area contributed by atoms with Crippen LogP contribution in [0.15, 0.2) is 61.2 Å². The molecule has 142 valence electrons. The summed E-state index contributed by atoms with van der Waals surface area (Å²) in [7, 11) is 0. The van der Waals surface area contributed by atoms with Gasteiger partial charge < -0.3 is 10.5 Å². The van der Waals surface area contributed by atoms with E-state index in [1.807, 2.05) is 52.0 Å². The number of H-pyrrole nitrogens is 1. The summed E-state index contributed by atoms with van der Waals surface area (Å²) in [5, 5.41) is 17.1. The minimum atomic E-state index is 0.110. The van der Waals surface area contributed by atoms with Crippen molar-refractivity contribution in [2.24, 2.45) is 5.84 Å². The second-order valence-electron chi connectivity index (χ2n) is 5.62. The number of fused-ring (bicyclic) bond motifs is 1. The van der Waals surface area contributed by atoms with E-state index in [2.05, 4.69) is 35.4 Å². The molecular weight excluding hydrogens is 324 g/mol. The number of hydrogen-bond acceptors (Lipinski definition) is 4. The van der Waals surface area contributed by atoms with Crippen molar-refractivity contribution in [3.8, 4) is 0 Å². The Kier molecular flexibility index (Phi) is 11.4. The van der Waals surface area contributed by atoms with Gasteiger partial charge in [-0.05, 0) is 50.5 Å². The summed E-state index contributed by atoms with van der Waals surface area (Å²) in [4.78, 5) is 0. The van der Waals surface area contributed by atoms with Crippen LogP contribution in [0.3, 0.4) is 0 Å². The van der Waals surface area contributed by atoms with Crippen LogP contribution in [0.1, 0.15) is 31.5 Å². The van der Waals surface area contributed by atoms with E-state index in [-0.39, 0.29) is 6.61 Å². The molecule has 0 unspecified atom stereocenters. The normalized spacial score (nSPS) is 11.2. The van der Waals surface area contributed by atoms with Gasteiger partial charge in [-0.1, -0.05) is 37.3 Å². The first-order chi connectivity index (χ1) is 12.5. The Balaban J connectivity index is 0.000000446. The van der Waals surface area contributed by atoms with Crippen molar-refractivity contribution in [2.75, 3.05) is 12.0 Å². The lowest BCUT2D eigenvalue weighted by Gasteiger charge is -2.03. The second kappa shape index (κ2) is 12.7. The van der Waals surface area contributed by atoms with E-state index >= 15 is 0 Å². The first-order valence-electron chi connectivity index (χ1n) is 8.49. The van der Waals surface area contributed by atoms with Crippen molar-refractivity contribution in [1.29, 1.82) is 0 Å². The number of nitrogens with one attached hydrogen (secondary N) is 2. The number of aromatic amines is 1. The highest BCUT2D eigenvalue weighted by molar-refractivity contribution is 5.86. The molecule has 5 N–H and O–H groups in total. The Morgan fingerprint density at radius 3 is 2.50 bits per heavy atom. The standard InChI is InChI=1S/C10H16O.C9H12N4.C2H4/c1-4-6-10(8-11)7-9(3)5-2;1-5-3-9-7(4-8(5)11-10)6(2)12-13-9;1-2/h5-7,11H,2,4,8H2,1,3H3;3-4,11H,10H2,1-2H3,(H,12,13);1-2H2/b9-7-,10-6+;;. The third kappa shape index (κ3) is 7.09. The van der Waals surface area contributed by atoms with E-state index in [0.717, 1.165) is 45.4 Å². The molecule has 1 heterocycles. The molecule has 2 aromatic rings. The van der Waals surface area contributed by atoms with Crippen molar-refractivity contribution in [3.05, 3.63) is 72.5 Å². The number of nitrogens with two attached hydrogens (primary N) is 1. The molecule has 0 aliphatic rings. The smallest absolute Gasteiger partial charge is 0.0927 e. The number of aryl methyl sites for hydroxylation is 2. The summed E-state index contributed by atoms with van der Waals surface area (Å²) in [5.74, 6) is 5.38. The van der Waals surface area contributed by atoms with Crippen LogP contribution in [0, 0.1) is 13.8 Å². The fourth-order valence-corrected chi connectivity index (χ4v) is 2.23. The molecule has 0 aliphatic carbocycles. The molecule has 1 aromatic heterocycles. The zero-order valence-electron chi connectivity index (χ0n) is 16.4. The Morgan fingerprint density at radius 1 is 1.35 bits per heavy atom. The average Bonchev–Trinajstić information content (AvgIpc) is 3.02. The highest BCUT2D eigenvalue weighted by Gasteiger charge is 2.04. The molecule has 5 heteroatoms. The first-order valence-corrected chi connectivity index (χ1v) is 8.49. The zero-order valence-corrected chi connectivity index (χ0v) is 16.4. The molecule has 2 rings (SSSR count).